The Morgan fingerprint density at radius 2 is 1.61 bits per heavy atom. The second-order valence-electron chi connectivity index (χ2n) is 6.64. The second-order valence-corrected chi connectivity index (χ2v) is 6.64. The highest BCUT2D eigenvalue weighted by Gasteiger charge is 2.17. The summed E-state index contributed by atoms with van der Waals surface area (Å²) in [7, 11) is 0. The van der Waals surface area contributed by atoms with E-state index < -0.39 is 0 Å². The summed E-state index contributed by atoms with van der Waals surface area (Å²) in [5.74, 6) is 2.67. The highest BCUT2D eigenvalue weighted by atomic mass is 16.5. The van der Waals surface area contributed by atoms with Gasteiger partial charge in [0.1, 0.15) is 17.3 Å². The summed E-state index contributed by atoms with van der Waals surface area (Å²) < 4.78 is 13.3. The molecule has 0 saturated carbocycles. The van der Waals surface area contributed by atoms with Gasteiger partial charge in [-0.25, -0.2) is 4.98 Å². The van der Waals surface area contributed by atoms with Crippen LogP contribution in [0.4, 0.5) is 5.82 Å². The lowest BCUT2D eigenvalue weighted by molar-refractivity contribution is 0.122. The minimum Gasteiger partial charge on any atom is -0.457 e. The quantitative estimate of drug-likeness (QED) is 0.541. The predicted octanol–water partition coefficient (Wildman–Crippen LogP) is 4.03. The third-order valence-electron chi connectivity index (χ3n) is 4.86. The molecule has 3 heterocycles. The first-order valence-electron chi connectivity index (χ1n) is 9.37. The van der Waals surface area contributed by atoms with Crippen molar-refractivity contribution in [2.75, 3.05) is 31.2 Å². The van der Waals surface area contributed by atoms with Crippen LogP contribution in [-0.2, 0) is 4.74 Å². The van der Waals surface area contributed by atoms with E-state index in [0.29, 0.717) is 0 Å². The summed E-state index contributed by atoms with van der Waals surface area (Å²) >= 11 is 0. The summed E-state index contributed by atoms with van der Waals surface area (Å²) in [4.78, 5) is 6.86. The van der Waals surface area contributed by atoms with Crippen molar-refractivity contribution in [1.82, 2.24) is 14.6 Å². The highest BCUT2D eigenvalue weighted by molar-refractivity contribution is 5.78. The number of rotatable bonds is 4. The molecule has 0 N–H and O–H groups in total. The lowest BCUT2D eigenvalue weighted by atomic mass is 10.1. The Labute approximate surface area is 163 Å². The molecule has 2 aromatic carbocycles. The maximum atomic E-state index is 5.88. The molecule has 28 heavy (non-hydrogen) atoms. The fourth-order valence-electron chi connectivity index (χ4n) is 3.44. The number of aromatic nitrogens is 3. The smallest absolute Gasteiger partial charge is 0.165 e. The SMILES string of the molecule is c1ccc(Oc2ccc(-c3cnn4c(N5CCOCC5)ccnc34)cc2)cc1. The van der Waals surface area contributed by atoms with Gasteiger partial charge in [0.05, 0.1) is 19.4 Å². The number of para-hydroxylation sites is 1. The number of morpholine rings is 1. The summed E-state index contributed by atoms with van der Waals surface area (Å²) in [5.41, 5.74) is 2.91. The standard InChI is InChI=1S/C22H20N4O2/c1-2-4-18(5-3-1)28-19-8-6-17(7-9-19)20-16-24-26-21(10-11-23-22(20)26)25-12-14-27-15-13-25/h1-11,16H,12-15H2. The van der Waals surface area contributed by atoms with E-state index in [2.05, 4.69) is 15.0 Å². The summed E-state index contributed by atoms with van der Waals surface area (Å²) in [5, 5.41) is 4.60. The van der Waals surface area contributed by atoms with Gasteiger partial charge in [0, 0.05) is 24.8 Å². The zero-order valence-electron chi connectivity index (χ0n) is 15.4. The lowest BCUT2D eigenvalue weighted by Gasteiger charge is -2.28. The van der Waals surface area contributed by atoms with Crippen LogP contribution in [0.5, 0.6) is 11.5 Å². The number of ether oxygens (including phenoxy) is 2. The third-order valence-corrected chi connectivity index (χ3v) is 4.86. The van der Waals surface area contributed by atoms with Crippen molar-refractivity contribution in [1.29, 1.82) is 0 Å². The molecule has 0 bridgehead atoms. The molecule has 0 radical (unpaired) electrons. The van der Waals surface area contributed by atoms with Gasteiger partial charge < -0.3 is 14.4 Å². The van der Waals surface area contributed by atoms with Gasteiger partial charge in [-0.1, -0.05) is 30.3 Å². The van der Waals surface area contributed by atoms with Crippen LogP contribution in [-0.4, -0.2) is 40.9 Å². The lowest BCUT2D eigenvalue weighted by Crippen LogP contribution is -2.37. The van der Waals surface area contributed by atoms with Crippen molar-refractivity contribution in [3.63, 3.8) is 0 Å². The van der Waals surface area contributed by atoms with Gasteiger partial charge in [0.2, 0.25) is 0 Å². The average Bonchev–Trinajstić information content (AvgIpc) is 3.20. The number of nitrogens with zero attached hydrogens (tertiary/aromatic N) is 4. The fraction of sp³-hybridized carbons (Fsp3) is 0.182. The van der Waals surface area contributed by atoms with Crippen LogP contribution in [0.1, 0.15) is 0 Å². The highest BCUT2D eigenvalue weighted by Crippen LogP contribution is 2.29. The molecule has 0 unspecified atom stereocenters. The Bertz CT molecular complexity index is 1070. The molecule has 140 valence electrons. The molecule has 4 aromatic rings. The second kappa shape index (κ2) is 7.32. The fourth-order valence-corrected chi connectivity index (χ4v) is 3.44. The van der Waals surface area contributed by atoms with E-state index in [0.717, 1.165) is 60.4 Å². The first-order chi connectivity index (χ1) is 13.9. The Kier molecular flexibility index (Phi) is 4.39. The van der Waals surface area contributed by atoms with Gasteiger partial charge in [-0.3, -0.25) is 0 Å². The summed E-state index contributed by atoms with van der Waals surface area (Å²) in [6.45, 7) is 3.20. The molecule has 0 spiro atoms. The monoisotopic (exact) mass is 372 g/mol. The molecule has 1 aliphatic heterocycles. The van der Waals surface area contributed by atoms with Gasteiger partial charge in [-0.05, 0) is 35.9 Å². The van der Waals surface area contributed by atoms with Crippen LogP contribution in [0.3, 0.4) is 0 Å². The summed E-state index contributed by atoms with van der Waals surface area (Å²) in [6.07, 6.45) is 3.72. The molecular formula is C22H20N4O2. The van der Waals surface area contributed by atoms with Crippen LogP contribution in [0.25, 0.3) is 16.8 Å². The van der Waals surface area contributed by atoms with E-state index in [1.165, 1.54) is 0 Å². The van der Waals surface area contributed by atoms with Crippen molar-refractivity contribution >= 4 is 11.5 Å². The van der Waals surface area contributed by atoms with Crippen LogP contribution in [0, 0.1) is 0 Å². The molecule has 1 saturated heterocycles. The van der Waals surface area contributed by atoms with Crippen molar-refractivity contribution in [2.24, 2.45) is 0 Å². The zero-order valence-corrected chi connectivity index (χ0v) is 15.4. The van der Waals surface area contributed by atoms with Crippen molar-refractivity contribution in [3.8, 4) is 22.6 Å². The van der Waals surface area contributed by atoms with Gasteiger partial charge in [0.15, 0.2) is 5.65 Å². The Hall–Kier alpha value is -3.38. The van der Waals surface area contributed by atoms with E-state index >= 15 is 0 Å². The number of hydrogen-bond donors (Lipinski definition) is 0. The molecule has 0 aliphatic carbocycles. The molecule has 5 rings (SSSR count). The van der Waals surface area contributed by atoms with Gasteiger partial charge in [-0.15, -0.1) is 0 Å². The first kappa shape index (κ1) is 16.8. The predicted molar refractivity (Wildman–Crippen MR) is 108 cm³/mol. The Morgan fingerprint density at radius 1 is 0.857 bits per heavy atom. The number of fused-ring (bicyclic) bond motifs is 1. The van der Waals surface area contributed by atoms with Crippen LogP contribution in [0.15, 0.2) is 73.1 Å². The van der Waals surface area contributed by atoms with Crippen molar-refractivity contribution in [3.05, 3.63) is 73.1 Å². The third kappa shape index (κ3) is 3.18. The maximum absolute atomic E-state index is 5.88. The molecule has 1 fully saturated rings. The van der Waals surface area contributed by atoms with Gasteiger partial charge in [0.25, 0.3) is 0 Å². The Morgan fingerprint density at radius 3 is 2.39 bits per heavy atom. The molecule has 0 atom stereocenters. The average molecular weight is 372 g/mol. The normalized spacial score (nSPS) is 14.4. The first-order valence-corrected chi connectivity index (χ1v) is 9.37. The summed E-state index contributed by atoms with van der Waals surface area (Å²) in [6, 6.07) is 19.8. The van der Waals surface area contributed by atoms with E-state index in [1.54, 1.807) is 0 Å². The molecule has 2 aromatic heterocycles. The molecular weight excluding hydrogens is 352 g/mol. The number of hydrogen-bond acceptors (Lipinski definition) is 5. The number of benzene rings is 2. The van der Waals surface area contributed by atoms with E-state index in [1.807, 2.05) is 77.6 Å². The molecule has 0 amide bonds. The van der Waals surface area contributed by atoms with Crippen LogP contribution < -0.4 is 9.64 Å². The minimum atomic E-state index is 0.737. The molecule has 6 nitrogen and oxygen atoms in total. The van der Waals surface area contributed by atoms with E-state index in [-0.39, 0.29) is 0 Å². The van der Waals surface area contributed by atoms with E-state index in [4.69, 9.17) is 9.47 Å². The minimum absolute atomic E-state index is 0.737. The molecule has 6 heteroatoms. The van der Waals surface area contributed by atoms with Gasteiger partial charge >= 0.3 is 0 Å². The maximum Gasteiger partial charge on any atom is 0.165 e. The zero-order chi connectivity index (χ0) is 18.8. The van der Waals surface area contributed by atoms with Crippen LogP contribution in [0.2, 0.25) is 0 Å². The van der Waals surface area contributed by atoms with Crippen molar-refractivity contribution < 1.29 is 9.47 Å². The van der Waals surface area contributed by atoms with Gasteiger partial charge in [-0.2, -0.15) is 9.61 Å². The molecule has 1 aliphatic rings. The largest absolute Gasteiger partial charge is 0.457 e. The topological polar surface area (TPSA) is 51.9 Å². The number of anilines is 1. The van der Waals surface area contributed by atoms with E-state index in [9.17, 15) is 0 Å². The Balaban J connectivity index is 1.44. The van der Waals surface area contributed by atoms with Crippen LogP contribution >= 0.6 is 0 Å². The van der Waals surface area contributed by atoms with Crippen molar-refractivity contribution in [2.45, 2.75) is 0 Å².